The van der Waals surface area contributed by atoms with Crippen LogP contribution in [-0.4, -0.2) is 65.6 Å². The Kier molecular flexibility index (Phi) is 7.56. The van der Waals surface area contributed by atoms with Crippen LogP contribution in [0.1, 0.15) is 59.9 Å². The molecule has 1 aliphatic heterocycles. The number of hydrogen-bond acceptors (Lipinski definition) is 7. The maximum absolute atomic E-state index is 13.3. The number of amides is 3. The Bertz CT molecular complexity index is 1260. The fourth-order valence-electron chi connectivity index (χ4n) is 4.12. The van der Waals surface area contributed by atoms with E-state index in [2.05, 4.69) is 10.6 Å². The van der Waals surface area contributed by atoms with Gasteiger partial charge < -0.3 is 25.2 Å². The zero-order valence-corrected chi connectivity index (χ0v) is 22.1. The molecule has 1 heterocycles. The summed E-state index contributed by atoms with van der Waals surface area (Å²) in [6, 6.07) is 9.60. The Labute approximate surface area is 221 Å². The van der Waals surface area contributed by atoms with E-state index in [0.29, 0.717) is 43.1 Å². The first-order valence-electron chi connectivity index (χ1n) is 12.7. The SMILES string of the molecule is Cc1ccc(C(=O)NC2CC2)cc1NC(=O)c1cc(N2CCN(C(=O)OC(C)(C)C)CC2)ccc1[N+](=O)[O-]. The molecule has 2 aromatic rings. The van der Waals surface area contributed by atoms with Crippen molar-refractivity contribution in [1.82, 2.24) is 10.2 Å². The third-order valence-electron chi connectivity index (χ3n) is 6.38. The topological polar surface area (TPSA) is 134 Å². The summed E-state index contributed by atoms with van der Waals surface area (Å²) in [7, 11) is 0. The van der Waals surface area contributed by atoms with Gasteiger partial charge in [-0.05, 0) is 70.4 Å². The number of anilines is 2. The zero-order valence-electron chi connectivity index (χ0n) is 22.1. The van der Waals surface area contributed by atoms with Gasteiger partial charge in [0.15, 0.2) is 0 Å². The van der Waals surface area contributed by atoms with Crippen LogP contribution in [0.3, 0.4) is 0 Å². The van der Waals surface area contributed by atoms with Crippen LogP contribution in [-0.2, 0) is 4.74 Å². The predicted molar refractivity (Wildman–Crippen MR) is 143 cm³/mol. The minimum Gasteiger partial charge on any atom is -0.444 e. The average molecular weight is 524 g/mol. The third kappa shape index (κ3) is 6.58. The van der Waals surface area contributed by atoms with Gasteiger partial charge in [0.1, 0.15) is 11.2 Å². The van der Waals surface area contributed by atoms with Gasteiger partial charge in [-0.1, -0.05) is 6.07 Å². The molecular formula is C27H33N5O6. The first kappa shape index (κ1) is 26.9. The number of carbonyl (C=O) groups excluding carboxylic acids is 3. The first-order valence-corrected chi connectivity index (χ1v) is 12.7. The molecular weight excluding hydrogens is 490 g/mol. The van der Waals surface area contributed by atoms with Crippen molar-refractivity contribution in [2.24, 2.45) is 0 Å². The fraction of sp³-hybridized carbons (Fsp3) is 0.444. The molecule has 38 heavy (non-hydrogen) atoms. The molecule has 1 aliphatic carbocycles. The van der Waals surface area contributed by atoms with Crippen LogP contribution in [0.4, 0.5) is 21.9 Å². The lowest BCUT2D eigenvalue weighted by atomic mass is 10.1. The van der Waals surface area contributed by atoms with Crippen LogP contribution < -0.4 is 15.5 Å². The number of aryl methyl sites for hydroxylation is 1. The van der Waals surface area contributed by atoms with Crippen LogP contribution in [0.25, 0.3) is 0 Å². The van der Waals surface area contributed by atoms with Gasteiger partial charge in [-0.3, -0.25) is 19.7 Å². The van der Waals surface area contributed by atoms with E-state index in [4.69, 9.17) is 4.74 Å². The lowest BCUT2D eigenvalue weighted by molar-refractivity contribution is -0.385. The zero-order chi connectivity index (χ0) is 27.6. The van der Waals surface area contributed by atoms with Crippen molar-refractivity contribution >= 4 is 35.0 Å². The van der Waals surface area contributed by atoms with Crippen LogP contribution in [0.15, 0.2) is 36.4 Å². The fourth-order valence-corrected chi connectivity index (χ4v) is 4.12. The van der Waals surface area contributed by atoms with Gasteiger partial charge in [0.25, 0.3) is 17.5 Å². The first-order chi connectivity index (χ1) is 17.9. The maximum Gasteiger partial charge on any atom is 0.410 e. The molecule has 0 unspecified atom stereocenters. The van der Waals surface area contributed by atoms with Crippen molar-refractivity contribution in [3.05, 3.63) is 63.2 Å². The average Bonchev–Trinajstić information content (AvgIpc) is 3.68. The van der Waals surface area contributed by atoms with Crippen molar-refractivity contribution in [2.75, 3.05) is 36.4 Å². The number of piperazine rings is 1. The molecule has 2 aromatic carbocycles. The van der Waals surface area contributed by atoms with Gasteiger partial charge in [-0.25, -0.2) is 4.79 Å². The second-order valence-corrected chi connectivity index (χ2v) is 10.6. The number of ether oxygens (including phenoxy) is 1. The number of nitrogens with zero attached hydrogens (tertiary/aromatic N) is 3. The Hall–Kier alpha value is -4.15. The van der Waals surface area contributed by atoms with Gasteiger partial charge in [-0.15, -0.1) is 0 Å². The molecule has 2 aliphatic rings. The summed E-state index contributed by atoms with van der Waals surface area (Å²) in [6.07, 6.45) is 1.53. The summed E-state index contributed by atoms with van der Waals surface area (Å²) in [5.74, 6) is -0.865. The molecule has 0 aromatic heterocycles. The van der Waals surface area contributed by atoms with E-state index in [0.717, 1.165) is 18.4 Å². The van der Waals surface area contributed by atoms with Crippen LogP contribution in [0.5, 0.6) is 0 Å². The van der Waals surface area contributed by atoms with E-state index < -0.39 is 16.4 Å². The van der Waals surface area contributed by atoms with Crippen molar-refractivity contribution in [3.63, 3.8) is 0 Å². The Morgan fingerprint density at radius 2 is 1.68 bits per heavy atom. The van der Waals surface area contributed by atoms with Crippen LogP contribution in [0, 0.1) is 17.0 Å². The quantitative estimate of drug-likeness (QED) is 0.430. The molecule has 202 valence electrons. The molecule has 2 N–H and O–H groups in total. The number of nitro groups is 1. The highest BCUT2D eigenvalue weighted by molar-refractivity contribution is 6.08. The third-order valence-corrected chi connectivity index (χ3v) is 6.38. The van der Waals surface area contributed by atoms with Crippen molar-refractivity contribution in [3.8, 4) is 0 Å². The second-order valence-electron chi connectivity index (χ2n) is 10.6. The highest BCUT2D eigenvalue weighted by Gasteiger charge is 2.28. The molecule has 0 radical (unpaired) electrons. The van der Waals surface area contributed by atoms with E-state index >= 15 is 0 Å². The highest BCUT2D eigenvalue weighted by Crippen LogP contribution is 2.28. The molecule has 0 bridgehead atoms. The van der Waals surface area contributed by atoms with Crippen molar-refractivity contribution in [2.45, 2.75) is 52.2 Å². The van der Waals surface area contributed by atoms with Crippen LogP contribution >= 0.6 is 0 Å². The van der Waals surface area contributed by atoms with Crippen LogP contribution in [0.2, 0.25) is 0 Å². The maximum atomic E-state index is 13.3. The summed E-state index contributed by atoms with van der Waals surface area (Å²) in [4.78, 5) is 52.8. The summed E-state index contributed by atoms with van der Waals surface area (Å²) in [5, 5.41) is 17.4. The van der Waals surface area contributed by atoms with Crippen molar-refractivity contribution < 1.29 is 24.0 Å². The van der Waals surface area contributed by atoms with E-state index in [1.54, 1.807) is 36.1 Å². The standard InChI is InChI=1S/C27H33N5O6/c1-17-5-6-18(24(33)28-19-7-8-19)15-22(17)29-25(34)21-16-20(9-10-23(21)32(36)37)30-11-13-31(14-12-30)26(35)38-27(2,3)4/h5-6,9-10,15-16,19H,7-8,11-14H2,1-4H3,(H,28,33)(H,29,34). The molecule has 4 rings (SSSR count). The lowest BCUT2D eigenvalue weighted by Crippen LogP contribution is -2.50. The van der Waals surface area contributed by atoms with Gasteiger partial charge in [0.05, 0.1) is 4.92 Å². The highest BCUT2D eigenvalue weighted by atomic mass is 16.6. The number of hydrogen-bond donors (Lipinski definition) is 2. The minimum absolute atomic E-state index is 0.0886. The molecule has 0 atom stereocenters. The number of carbonyl (C=O) groups is 3. The van der Waals surface area contributed by atoms with Crippen molar-refractivity contribution in [1.29, 1.82) is 0 Å². The molecule has 3 amide bonds. The Morgan fingerprint density at radius 1 is 1.00 bits per heavy atom. The summed E-state index contributed by atoms with van der Waals surface area (Å²) >= 11 is 0. The van der Waals surface area contributed by atoms with Gasteiger partial charge in [0, 0.05) is 55.2 Å². The Morgan fingerprint density at radius 3 is 2.29 bits per heavy atom. The van der Waals surface area contributed by atoms with Gasteiger partial charge in [0.2, 0.25) is 0 Å². The molecule has 2 fully saturated rings. The minimum atomic E-state index is -0.645. The molecule has 11 heteroatoms. The largest absolute Gasteiger partial charge is 0.444 e. The molecule has 1 saturated heterocycles. The number of benzene rings is 2. The monoisotopic (exact) mass is 523 g/mol. The van der Waals surface area contributed by atoms with E-state index in [9.17, 15) is 24.5 Å². The molecule has 11 nitrogen and oxygen atoms in total. The van der Waals surface area contributed by atoms with E-state index in [-0.39, 0.29) is 29.3 Å². The smallest absolute Gasteiger partial charge is 0.410 e. The van der Waals surface area contributed by atoms with E-state index in [1.807, 2.05) is 25.7 Å². The molecule has 0 spiro atoms. The summed E-state index contributed by atoms with van der Waals surface area (Å²) in [6.45, 7) is 9.02. The summed E-state index contributed by atoms with van der Waals surface area (Å²) in [5.41, 5.74) is 1.17. The Balaban J connectivity index is 1.50. The lowest BCUT2D eigenvalue weighted by Gasteiger charge is -2.36. The molecule has 1 saturated carbocycles. The van der Waals surface area contributed by atoms with E-state index in [1.165, 1.54) is 12.1 Å². The number of rotatable bonds is 6. The summed E-state index contributed by atoms with van der Waals surface area (Å²) < 4.78 is 5.44. The number of nitro benzene ring substituents is 1. The predicted octanol–water partition coefficient (Wildman–Crippen LogP) is 4.10. The normalized spacial score (nSPS) is 15.6. The number of nitrogens with one attached hydrogen (secondary N) is 2. The second kappa shape index (κ2) is 10.7. The van der Waals surface area contributed by atoms with Gasteiger partial charge >= 0.3 is 6.09 Å². The van der Waals surface area contributed by atoms with Gasteiger partial charge in [-0.2, -0.15) is 0 Å².